The second kappa shape index (κ2) is 13.0. The number of urea groups is 1. The second-order valence-corrected chi connectivity index (χ2v) is 9.95. The molecule has 7 heteroatoms. The number of anilines is 1. The third-order valence-corrected chi connectivity index (χ3v) is 7.31. The van der Waals surface area contributed by atoms with Crippen LogP contribution in [0.15, 0.2) is 78.9 Å². The zero-order chi connectivity index (χ0) is 27.1. The van der Waals surface area contributed by atoms with Crippen LogP contribution < -0.4 is 10.6 Å². The maximum Gasteiger partial charge on any atom is 0.319 e. The first kappa shape index (κ1) is 27.8. The topological polar surface area (TPSA) is 83.1 Å². The van der Waals surface area contributed by atoms with Crippen LogP contribution in [0.2, 0.25) is 0 Å². The molecule has 1 aliphatic heterocycles. The summed E-state index contributed by atoms with van der Waals surface area (Å²) >= 11 is 0. The summed E-state index contributed by atoms with van der Waals surface area (Å²) in [5, 5.41) is 15.1. The summed E-state index contributed by atoms with van der Waals surface area (Å²) < 4.78 is 13.2. The maximum absolute atomic E-state index is 11.9. The van der Waals surface area contributed by atoms with Crippen LogP contribution in [-0.4, -0.2) is 42.3 Å². The van der Waals surface area contributed by atoms with Crippen molar-refractivity contribution in [2.24, 2.45) is 5.92 Å². The first-order valence-electron chi connectivity index (χ1n) is 13.3. The molecule has 5 atom stereocenters. The number of hydrogen-bond donors (Lipinski definition) is 3. The molecule has 3 aromatic carbocycles. The Bertz CT molecular complexity index is 1150. The molecule has 0 aromatic heterocycles. The molecule has 4 rings (SSSR count). The van der Waals surface area contributed by atoms with Gasteiger partial charge in [0.2, 0.25) is 0 Å². The molecule has 2 amide bonds. The maximum atomic E-state index is 11.9. The number of benzene rings is 3. The fraction of sp³-hybridized carbons (Fsp3) is 0.387. The number of likely N-dealkylation sites (N-methyl/N-ethyl adjacent to an activating group) is 1. The number of rotatable bonds is 9. The van der Waals surface area contributed by atoms with E-state index in [0.29, 0.717) is 12.2 Å². The number of carbonyl (C=O) groups excluding carboxylic acids is 1. The molecule has 3 N–H and O–H groups in total. The number of amides is 2. The summed E-state index contributed by atoms with van der Waals surface area (Å²) in [5.74, 6) is 0.0929. The Hall–Kier alpha value is -3.23. The predicted molar refractivity (Wildman–Crippen MR) is 150 cm³/mol. The lowest BCUT2D eigenvalue weighted by Gasteiger charge is -2.43. The predicted octanol–water partition coefficient (Wildman–Crippen LogP) is 5.80. The number of aliphatic hydroxyl groups excluding tert-OH is 1. The highest BCUT2D eigenvalue weighted by molar-refractivity contribution is 5.89. The quantitative estimate of drug-likeness (QED) is 0.334. The first-order valence-corrected chi connectivity index (χ1v) is 13.3. The van der Waals surface area contributed by atoms with Gasteiger partial charge in [-0.3, -0.25) is 4.90 Å². The summed E-state index contributed by atoms with van der Waals surface area (Å²) in [6.45, 7) is 7.57. The van der Waals surface area contributed by atoms with Crippen molar-refractivity contribution < 1.29 is 19.4 Å². The lowest BCUT2D eigenvalue weighted by Crippen LogP contribution is -2.44. The Morgan fingerprint density at radius 1 is 0.974 bits per heavy atom. The molecule has 0 saturated carbocycles. The van der Waals surface area contributed by atoms with Crippen molar-refractivity contribution in [2.45, 2.75) is 51.9 Å². The molecule has 1 fully saturated rings. The van der Waals surface area contributed by atoms with Crippen molar-refractivity contribution in [2.75, 3.05) is 25.5 Å². The van der Waals surface area contributed by atoms with Crippen LogP contribution in [0.3, 0.4) is 0 Å². The van der Waals surface area contributed by atoms with Gasteiger partial charge in [0.25, 0.3) is 0 Å². The second-order valence-electron chi connectivity index (χ2n) is 9.95. The monoisotopic (exact) mass is 517 g/mol. The van der Waals surface area contributed by atoms with Gasteiger partial charge in [0.15, 0.2) is 6.29 Å². The zero-order valence-electron chi connectivity index (χ0n) is 22.6. The third kappa shape index (κ3) is 6.79. The Morgan fingerprint density at radius 2 is 1.63 bits per heavy atom. The van der Waals surface area contributed by atoms with E-state index in [4.69, 9.17) is 9.47 Å². The summed E-state index contributed by atoms with van der Waals surface area (Å²) in [5.41, 5.74) is 4.78. The van der Waals surface area contributed by atoms with E-state index in [1.807, 2.05) is 61.5 Å². The van der Waals surface area contributed by atoms with Crippen molar-refractivity contribution in [3.63, 3.8) is 0 Å². The molecule has 1 aliphatic rings. The van der Waals surface area contributed by atoms with Crippen molar-refractivity contribution >= 4 is 11.7 Å². The molecule has 0 spiro atoms. The lowest BCUT2D eigenvalue weighted by molar-refractivity contribution is -0.276. The minimum absolute atomic E-state index is 0.00848. The van der Waals surface area contributed by atoms with E-state index in [9.17, 15) is 9.90 Å². The van der Waals surface area contributed by atoms with Gasteiger partial charge in [-0.2, -0.15) is 0 Å². The molecule has 7 nitrogen and oxygen atoms in total. The molecule has 1 heterocycles. The average Bonchev–Trinajstić information content (AvgIpc) is 2.95. The summed E-state index contributed by atoms with van der Waals surface area (Å²) in [7, 11) is 2.13. The average molecular weight is 518 g/mol. The summed E-state index contributed by atoms with van der Waals surface area (Å²) in [6.07, 6.45) is -0.821. The van der Waals surface area contributed by atoms with Gasteiger partial charge in [0, 0.05) is 36.3 Å². The zero-order valence-corrected chi connectivity index (χ0v) is 22.6. The van der Waals surface area contributed by atoms with Crippen LogP contribution in [0.25, 0.3) is 0 Å². The van der Waals surface area contributed by atoms with E-state index in [-0.39, 0.29) is 36.8 Å². The van der Waals surface area contributed by atoms with E-state index in [0.717, 1.165) is 23.2 Å². The van der Waals surface area contributed by atoms with Gasteiger partial charge in [0.05, 0.1) is 18.8 Å². The molecular weight excluding hydrogens is 478 g/mol. The molecule has 0 unspecified atom stereocenters. The van der Waals surface area contributed by atoms with Gasteiger partial charge in [-0.15, -0.1) is 0 Å². The minimum atomic E-state index is -0.558. The molecule has 0 radical (unpaired) electrons. The number of ether oxygens (including phenoxy) is 2. The highest BCUT2D eigenvalue weighted by Crippen LogP contribution is 2.42. The van der Waals surface area contributed by atoms with Gasteiger partial charge < -0.3 is 25.2 Å². The van der Waals surface area contributed by atoms with E-state index in [2.05, 4.69) is 60.7 Å². The Labute approximate surface area is 225 Å². The van der Waals surface area contributed by atoms with Crippen LogP contribution in [0.5, 0.6) is 0 Å². The number of aliphatic hydroxyl groups is 1. The van der Waals surface area contributed by atoms with Crippen molar-refractivity contribution in [1.29, 1.82) is 0 Å². The van der Waals surface area contributed by atoms with Crippen LogP contribution in [-0.2, 0) is 16.1 Å². The first-order chi connectivity index (χ1) is 18.4. The van der Waals surface area contributed by atoms with E-state index < -0.39 is 6.29 Å². The fourth-order valence-electron chi connectivity index (χ4n) is 4.82. The Balaban J connectivity index is 1.56. The lowest BCUT2D eigenvalue weighted by atomic mass is 9.89. The highest BCUT2D eigenvalue weighted by atomic mass is 16.7. The van der Waals surface area contributed by atoms with E-state index >= 15 is 0 Å². The molecule has 0 aliphatic carbocycles. The third-order valence-electron chi connectivity index (χ3n) is 7.31. The van der Waals surface area contributed by atoms with Gasteiger partial charge >= 0.3 is 6.03 Å². The molecule has 38 heavy (non-hydrogen) atoms. The van der Waals surface area contributed by atoms with Crippen molar-refractivity contribution in [3.05, 3.63) is 101 Å². The van der Waals surface area contributed by atoms with Crippen molar-refractivity contribution in [3.8, 4) is 0 Å². The van der Waals surface area contributed by atoms with Crippen LogP contribution in [0.4, 0.5) is 10.5 Å². The van der Waals surface area contributed by atoms with Gasteiger partial charge in [0.1, 0.15) is 0 Å². The smallest absolute Gasteiger partial charge is 0.319 e. The molecule has 0 bridgehead atoms. The van der Waals surface area contributed by atoms with Crippen molar-refractivity contribution in [1.82, 2.24) is 10.2 Å². The summed E-state index contributed by atoms with van der Waals surface area (Å²) in [4.78, 5) is 14.2. The highest BCUT2D eigenvalue weighted by Gasteiger charge is 2.39. The summed E-state index contributed by atoms with van der Waals surface area (Å²) in [6, 6.07) is 26.0. The van der Waals surface area contributed by atoms with Crippen LogP contribution in [0, 0.1) is 5.92 Å². The Morgan fingerprint density at radius 3 is 2.26 bits per heavy atom. The van der Waals surface area contributed by atoms with Gasteiger partial charge in [-0.1, -0.05) is 73.7 Å². The number of nitrogens with one attached hydrogen (secondary N) is 2. The van der Waals surface area contributed by atoms with E-state index in [1.165, 1.54) is 5.56 Å². The van der Waals surface area contributed by atoms with Crippen LogP contribution >= 0.6 is 0 Å². The molecule has 3 aromatic rings. The number of hydrogen-bond acceptors (Lipinski definition) is 5. The molecule has 202 valence electrons. The normalized spacial score (nSPS) is 22.2. The Kier molecular flexibility index (Phi) is 9.53. The van der Waals surface area contributed by atoms with Gasteiger partial charge in [-0.05, 0) is 49.7 Å². The fourth-order valence-corrected chi connectivity index (χ4v) is 4.82. The number of nitrogens with zero attached hydrogens (tertiary/aromatic N) is 1. The minimum Gasteiger partial charge on any atom is -0.392 e. The van der Waals surface area contributed by atoms with E-state index in [1.54, 1.807) is 0 Å². The van der Waals surface area contributed by atoms with Crippen LogP contribution in [0.1, 0.15) is 61.5 Å². The number of carbonyl (C=O) groups is 1. The molecule has 1 saturated heterocycles. The SMILES string of the molecule is CCNC(=O)Nc1ccc([C@H]2O[C@@H](CN(C)[C@@H](C)c3ccccc3)[C@@H](C)[C@@H](c3ccc(CO)cc3)O2)cc1. The molecular formula is C31H39N3O4. The standard InChI is InChI=1S/C31H39N3O4/c1-5-32-31(36)33-27-17-15-26(16-18-27)30-37-28(19-34(4)22(3)24-9-7-6-8-10-24)21(2)29(38-30)25-13-11-23(20-35)12-14-25/h6-18,21-22,28-30,35H,5,19-20H2,1-4H3,(H2,32,33,36)/t21-,22+,28+,29+,30+/m1/s1. The van der Waals surface area contributed by atoms with Gasteiger partial charge in [-0.25, -0.2) is 4.79 Å². The largest absolute Gasteiger partial charge is 0.392 e.